The highest BCUT2D eigenvalue weighted by Crippen LogP contribution is 2.36. The number of hydrogen-bond acceptors (Lipinski definition) is 6. The monoisotopic (exact) mass is 490 g/mol. The third-order valence-corrected chi connectivity index (χ3v) is 5.93. The van der Waals surface area contributed by atoms with E-state index in [0.29, 0.717) is 22.6 Å². The minimum absolute atomic E-state index is 0.0725. The Kier molecular flexibility index (Phi) is 7.28. The van der Waals surface area contributed by atoms with Crippen LogP contribution >= 0.6 is 27.3 Å². The Hall–Kier alpha value is -2.65. The largest absolute Gasteiger partial charge is 0.490 e. The molecule has 1 aromatic heterocycles. The average molecular weight is 491 g/mol. The summed E-state index contributed by atoms with van der Waals surface area (Å²) in [5.74, 6) is 0.884. The molecule has 0 saturated heterocycles. The van der Waals surface area contributed by atoms with Crippen LogP contribution in [0.2, 0.25) is 0 Å². The highest BCUT2D eigenvalue weighted by molar-refractivity contribution is 9.10. The molecule has 3 rings (SSSR count). The van der Waals surface area contributed by atoms with Crippen LogP contribution in [-0.4, -0.2) is 48.9 Å². The van der Waals surface area contributed by atoms with Crippen molar-refractivity contribution in [2.24, 2.45) is 17.3 Å². The predicted octanol–water partition coefficient (Wildman–Crippen LogP) is 3.80. The van der Waals surface area contributed by atoms with E-state index in [-0.39, 0.29) is 12.5 Å². The molecule has 3 aromatic rings. The average Bonchev–Trinajstić information content (AvgIpc) is 3.03. The van der Waals surface area contributed by atoms with Crippen LogP contribution in [0.3, 0.4) is 0 Å². The van der Waals surface area contributed by atoms with E-state index < -0.39 is 0 Å². The van der Waals surface area contributed by atoms with Gasteiger partial charge in [0.05, 0.1) is 27.5 Å². The second-order valence-corrected chi connectivity index (χ2v) is 8.46. The van der Waals surface area contributed by atoms with Crippen LogP contribution < -0.4 is 14.3 Å². The Morgan fingerprint density at radius 3 is 2.73 bits per heavy atom. The highest BCUT2D eigenvalue weighted by atomic mass is 79.9. The van der Waals surface area contributed by atoms with Gasteiger partial charge in [-0.1, -0.05) is 23.5 Å². The molecule has 7 nitrogen and oxygen atoms in total. The second-order valence-electron chi connectivity index (χ2n) is 6.60. The number of thiazole rings is 1. The zero-order chi connectivity index (χ0) is 21.7. The molecule has 30 heavy (non-hydrogen) atoms. The molecule has 0 fully saturated rings. The molecule has 0 bridgehead atoms. The van der Waals surface area contributed by atoms with Gasteiger partial charge in [0, 0.05) is 21.1 Å². The quantitative estimate of drug-likeness (QED) is 0.373. The van der Waals surface area contributed by atoms with E-state index in [1.807, 2.05) is 42.8 Å². The van der Waals surface area contributed by atoms with E-state index in [4.69, 9.17) is 9.47 Å². The molecule has 0 N–H and O–H groups in total. The topological polar surface area (TPSA) is 68.4 Å². The van der Waals surface area contributed by atoms with E-state index in [2.05, 4.69) is 38.3 Å². The molecular weight excluding hydrogens is 468 g/mol. The van der Waals surface area contributed by atoms with E-state index in [1.165, 1.54) is 4.90 Å². The zero-order valence-electron chi connectivity index (χ0n) is 17.3. The number of aromatic nitrogens is 1. The third kappa shape index (κ3) is 5.09. The fourth-order valence-electron chi connectivity index (χ4n) is 2.65. The molecule has 1 heterocycles. The number of amides is 1. The van der Waals surface area contributed by atoms with Gasteiger partial charge in [-0.2, -0.15) is 5.10 Å². The van der Waals surface area contributed by atoms with Crippen molar-refractivity contribution in [3.63, 3.8) is 0 Å². The lowest BCUT2D eigenvalue weighted by Crippen LogP contribution is -2.27. The van der Waals surface area contributed by atoms with Crippen LogP contribution in [0, 0.1) is 0 Å². The summed E-state index contributed by atoms with van der Waals surface area (Å²) in [6.07, 6.45) is 1.66. The Morgan fingerprint density at radius 2 is 2.03 bits per heavy atom. The fraction of sp³-hybridized carbons (Fsp3) is 0.286. The summed E-state index contributed by atoms with van der Waals surface area (Å²) in [4.78, 5) is 14.1. The summed E-state index contributed by atoms with van der Waals surface area (Å²) < 4.78 is 15.2. The number of aryl methyl sites for hydroxylation is 1. The minimum Gasteiger partial charge on any atom is -0.490 e. The number of nitrogens with zero attached hydrogens (tertiary/aromatic N) is 4. The van der Waals surface area contributed by atoms with Gasteiger partial charge in [0.15, 0.2) is 18.1 Å². The zero-order valence-corrected chi connectivity index (χ0v) is 19.7. The van der Waals surface area contributed by atoms with E-state index in [0.717, 1.165) is 20.6 Å². The summed E-state index contributed by atoms with van der Waals surface area (Å²) in [7, 11) is 5.34. The Morgan fingerprint density at radius 1 is 1.27 bits per heavy atom. The SMILES string of the molecule is CCOc1cc(/C=N\N=c2\sc3ccccc3n2C)cc(Br)c1OCC(=O)N(C)C. The van der Waals surface area contributed by atoms with Crippen molar-refractivity contribution >= 4 is 49.6 Å². The number of carbonyl (C=O) groups is 1. The van der Waals surface area contributed by atoms with E-state index >= 15 is 0 Å². The number of fused-ring (bicyclic) bond motifs is 1. The number of rotatable bonds is 7. The molecule has 0 spiro atoms. The molecule has 0 aliphatic heterocycles. The molecule has 2 aromatic carbocycles. The highest BCUT2D eigenvalue weighted by Gasteiger charge is 2.14. The van der Waals surface area contributed by atoms with Crippen LogP contribution in [0.5, 0.6) is 11.5 Å². The van der Waals surface area contributed by atoms with Crippen LogP contribution in [-0.2, 0) is 11.8 Å². The van der Waals surface area contributed by atoms with Crippen molar-refractivity contribution in [1.82, 2.24) is 9.47 Å². The second kappa shape index (κ2) is 9.90. The lowest BCUT2D eigenvalue weighted by molar-refractivity contribution is -0.130. The van der Waals surface area contributed by atoms with Gasteiger partial charge in [0.1, 0.15) is 0 Å². The van der Waals surface area contributed by atoms with Gasteiger partial charge in [-0.05, 0) is 52.7 Å². The minimum atomic E-state index is -0.134. The Labute approximate surface area is 187 Å². The van der Waals surface area contributed by atoms with Crippen LogP contribution in [0.15, 0.2) is 51.1 Å². The Bertz CT molecular complexity index is 1150. The normalized spacial score (nSPS) is 12.0. The maximum absolute atomic E-state index is 11.8. The van der Waals surface area contributed by atoms with Gasteiger partial charge < -0.3 is 18.9 Å². The summed E-state index contributed by atoms with van der Waals surface area (Å²) in [5.41, 5.74) is 1.91. The van der Waals surface area contributed by atoms with Crippen molar-refractivity contribution in [3.8, 4) is 11.5 Å². The van der Waals surface area contributed by atoms with Gasteiger partial charge in [0.2, 0.25) is 4.80 Å². The van der Waals surface area contributed by atoms with Crippen molar-refractivity contribution in [2.75, 3.05) is 27.3 Å². The fourth-order valence-corrected chi connectivity index (χ4v) is 4.20. The van der Waals surface area contributed by atoms with Gasteiger partial charge in [-0.15, -0.1) is 5.10 Å². The van der Waals surface area contributed by atoms with Crippen molar-refractivity contribution < 1.29 is 14.3 Å². The number of likely N-dealkylation sites (N-methyl/N-ethyl adjacent to an activating group) is 1. The molecule has 0 saturated carbocycles. The van der Waals surface area contributed by atoms with Gasteiger partial charge in [-0.25, -0.2) is 0 Å². The molecule has 0 aliphatic carbocycles. The molecule has 158 valence electrons. The summed E-state index contributed by atoms with van der Waals surface area (Å²) in [6.45, 7) is 2.28. The van der Waals surface area contributed by atoms with E-state index in [1.54, 1.807) is 31.6 Å². The molecule has 0 unspecified atom stereocenters. The lowest BCUT2D eigenvalue weighted by Gasteiger charge is -2.16. The van der Waals surface area contributed by atoms with Crippen molar-refractivity contribution in [2.45, 2.75) is 6.92 Å². The van der Waals surface area contributed by atoms with Gasteiger partial charge in [0.25, 0.3) is 5.91 Å². The third-order valence-electron chi connectivity index (χ3n) is 4.24. The Balaban J connectivity index is 1.86. The first kappa shape index (κ1) is 22.0. The number of carbonyl (C=O) groups excluding carboxylic acids is 1. The summed E-state index contributed by atoms with van der Waals surface area (Å²) in [6, 6.07) is 11.8. The number of halogens is 1. The first-order chi connectivity index (χ1) is 14.4. The van der Waals surface area contributed by atoms with Crippen LogP contribution in [0.1, 0.15) is 12.5 Å². The number of ether oxygens (including phenoxy) is 2. The maximum Gasteiger partial charge on any atom is 0.259 e. The molecule has 0 aliphatic rings. The summed E-state index contributed by atoms with van der Waals surface area (Å²) >= 11 is 5.08. The standard InChI is InChI=1S/C21H23BrN4O3S/c1-5-28-17-11-14(10-15(22)20(17)29-13-19(27)25(2)3)12-23-24-21-26(4)16-8-6-7-9-18(16)30-21/h6-12H,5,13H2,1-4H3/b23-12-,24-21+. The molecule has 1 amide bonds. The summed E-state index contributed by atoms with van der Waals surface area (Å²) in [5, 5.41) is 8.61. The van der Waals surface area contributed by atoms with E-state index in [9.17, 15) is 4.79 Å². The molecule has 0 atom stereocenters. The van der Waals surface area contributed by atoms with Crippen molar-refractivity contribution in [3.05, 3.63) is 51.2 Å². The maximum atomic E-state index is 11.8. The number of hydrogen-bond donors (Lipinski definition) is 0. The van der Waals surface area contributed by atoms with Gasteiger partial charge >= 0.3 is 0 Å². The molecule has 9 heteroatoms. The molecular formula is C21H23BrN4O3S. The first-order valence-electron chi connectivity index (χ1n) is 9.31. The van der Waals surface area contributed by atoms with Crippen LogP contribution in [0.25, 0.3) is 10.2 Å². The van der Waals surface area contributed by atoms with Crippen molar-refractivity contribution in [1.29, 1.82) is 0 Å². The smallest absolute Gasteiger partial charge is 0.259 e. The first-order valence-corrected chi connectivity index (χ1v) is 10.9. The van der Waals surface area contributed by atoms with Crippen LogP contribution in [0.4, 0.5) is 0 Å². The number of benzene rings is 2. The predicted molar refractivity (Wildman–Crippen MR) is 123 cm³/mol. The molecule has 0 radical (unpaired) electrons. The number of para-hydroxylation sites is 1. The van der Waals surface area contributed by atoms with Gasteiger partial charge in [-0.3, -0.25) is 4.79 Å². The lowest BCUT2D eigenvalue weighted by atomic mass is 10.2.